The maximum Gasteiger partial charge on any atom is -0.0222 e. The van der Waals surface area contributed by atoms with Crippen molar-refractivity contribution in [3.8, 4) is 0 Å². The third-order valence-electron chi connectivity index (χ3n) is 2.80. The van der Waals surface area contributed by atoms with Crippen molar-refractivity contribution in [1.29, 1.82) is 0 Å². The van der Waals surface area contributed by atoms with Crippen LogP contribution in [0.1, 0.15) is 60.8 Å². The zero-order valence-corrected chi connectivity index (χ0v) is 11.9. The SMILES string of the molecule is CC=C(C)CC(C)/C=C(\C)CCC=C(C)C. The summed E-state index contributed by atoms with van der Waals surface area (Å²) in [6, 6.07) is 0. The molecular formula is C16H28. The molecule has 0 amide bonds. The van der Waals surface area contributed by atoms with Crippen LogP contribution in [-0.4, -0.2) is 0 Å². The van der Waals surface area contributed by atoms with E-state index in [1.807, 2.05) is 0 Å². The molecule has 0 heteroatoms. The highest BCUT2D eigenvalue weighted by molar-refractivity contribution is 5.07. The zero-order chi connectivity index (χ0) is 12.6. The second-order valence-corrected chi connectivity index (χ2v) is 5.15. The van der Waals surface area contributed by atoms with Crippen molar-refractivity contribution >= 4 is 0 Å². The molecule has 92 valence electrons. The van der Waals surface area contributed by atoms with Crippen LogP contribution >= 0.6 is 0 Å². The van der Waals surface area contributed by atoms with Crippen molar-refractivity contribution in [3.05, 3.63) is 34.9 Å². The summed E-state index contributed by atoms with van der Waals surface area (Å²) < 4.78 is 0. The molecular weight excluding hydrogens is 192 g/mol. The average Bonchev–Trinajstić information content (AvgIpc) is 2.16. The van der Waals surface area contributed by atoms with Crippen LogP contribution in [0.15, 0.2) is 34.9 Å². The first-order chi connectivity index (χ1) is 7.45. The van der Waals surface area contributed by atoms with Crippen molar-refractivity contribution in [2.24, 2.45) is 5.92 Å². The van der Waals surface area contributed by atoms with Gasteiger partial charge in [-0.05, 0) is 59.8 Å². The van der Waals surface area contributed by atoms with Crippen LogP contribution in [0.3, 0.4) is 0 Å². The second-order valence-electron chi connectivity index (χ2n) is 5.15. The summed E-state index contributed by atoms with van der Waals surface area (Å²) in [7, 11) is 0. The van der Waals surface area contributed by atoms with Gasteiger partial charge in [-0.2, -0.15) is 0 Å². The lowest BCUT2D eigenvalue weighted by atomic mass is 9.98. The van der Waals surface area contributed by atoms with E-state index in [1.165, 1.54) is 36.0 Å². The first-order valence-electron chi connectivity index (χ1n) is 6.38. The van der Waals surface area contributed by atoms with Crippen LogP contribution in [-0.2, 0) is 0 Å². The summed E-state index contributed by atoms with van der Waals surface area (Å²) in [4.78, 5) is 0. The standard InChI is InChI=1S/C16H28/c1-7-14(4)11-16(6)12-15(5)10-8-9-13(2)3/h7,9,12,16H,8,10-11H2,1-6H3/b14-7?,15-12+. The molecule has 0 N–H and O–H groups in total. The Labute approximate surface area is 102 Å². The van der Waals surface area contributed by atoms with E-state index in [0.29, 0.717) is 5.92 Å². The van der Waals surface area contributed by atoms with Crippen molar-refractivity contribution in [3.63, 3.8) is 0 Å². The Kier molecular flexibility index (Phi) is 7.97. The minimum absolute atomic E-state index is 0.669. The van der Waals surface area contributed by atoms with Crippen LogP contribution in [0.2, 0.25) is 0 Å². The van der Waals surface area contributed by atoms with Crippen molar-refractivity contribution in [2.45, 2.75) is 60.8 Å². The van der Waals surface area contributed by atoms with Gasteiger partial charge < -0.3 is 0 Å². The molecule has 0 saturated heterocycles. The molecule has 0 bridgehead atoms. The molecule has 0 rings (SSSR count). The second kappa shape index (κ2) is 8.38. The summed E-state index contributed by atoms with van der Waals surface area (Å²) >= 11 is 0. The van der Waals surface area contributed by atoms with Crippen molar-refractivity contribution in [1.82, 2.24) is 0 Å². The normalized spacial score (nSPS) is 14.9. The molecule has 0 radical (unpaired) electrons. The smallest absolute Gasteiger partial charge is 0.0222 e. The Morgan fingerprint density at radius 2 is 1.69 bits per heavy atom. The largest absolute Gasteiger partial charge is 0.0887 e. The summed E-state index contributed by atoms with van der Waals surface area (Å²) in [5.41, 5.74) is 4.43. The Bertz CT molecular complexity index is 272. The van der Waals surface area contributed by atoms with Crippen LogP contribution in [0.4, 0.5) is 0 Å². The molecule has 16 heavy (non-hydrogen) atoms. The van der Waals surface area contributed by atoms with Gasteiger partial charge in [0.15, 0.2) is 0 Å². The predicted molar refractivity (Wildman–Crippen MR) is 75.6 cm³/mol. The lowest BCUT2D eigenvalue weighted by Crippen LogP contribution is -1.92. The first-order valence-corrected chi connectivity index (χ1v) is 6.38. The van der Waals surface area contributed by atoms with Crippen LogP contribution in [0.5, 0.6) is 0 Å². The molecule has 0 nitrogen and oxygen atoms in total. The molecule has 1 atom stereocenters. The van der Waals surface area contributed by atoms with Crippen LogP contribution in [0.25, 0.3) is 0 Å². The van der Waals surface area contributed by atoms with Gasteiger partial charge >= 0.3 is 0 Å². The number of hydrogen-bond donors (Lipinski definition) is 0. The predicted octanol–water partition coefficient (Wildman–Crippen LogP) is 5.67. The van der Waals surface area contributed by atoms with E-state index < -0.39 is 0 Å². The number of allylic oxidation sites excluding steroid dienone is 6. The molecule has 0 aromatic carbocycles. The van der Waals surface area contributed by atoms with Gasteiger partial charge in [0.05, 0.1) is 0 Å². The number of rotatable bonds is 6. The van der Waals surface area contributed by atoms with E-state index in [2.05, 4.69) is 59.8 Å². The monoisotopic (exact) mass is 220 g/mol. The van der Waals surface area contributed by atoms with Gasteiger partial charge in [-0.15, -0.1) is 0 Å². The Morgan fingerprint density at radius 3 is 2.19 bits per heavy atom. The fourth-order valence-corrected chi connectivity index (χ4v) is 1.84. The number of hydrogen-bond acceptors (Lipinski definition) is 0. The average molecular weight is 220 g/mol. The zero-order valence-electron chi connectivity index (χ0n) is 11.9. The molecule has 0 aliphatic rings. The van der Waals surface area contributed by atoms with Gasteiger partial charge in [0.1, 0.15) is 0 Å². The van der Waals surface area contributed by atoms with Crippen molar-refractivity contribution < 1.29 is 0 Å². The quantitative estimate of drug-likeness (QED) is 0.506. The van der Waals surface area contributed by atoms with Gasteiger partial charge in [0, 0.05) is 0 Å². The Morgan fingerprint density at radius 1 is 1.06 bits per heavy atom. The fourth-order valence-electron chi connectivity index (χ4n) is 1.84. The molecule has 0 aromatic heterocycles. The van der Waals surface area contributed by atoms with E-state index >= 15 is 0 Å². The highest BCUT2D eigenvalue weighted by Gasteiger charge is 1.99. The van der Waals surface area contributed by atoms with E-state index in [0.717, 1.165) is 0 Å². The highest BCUT2D eigenvalue weighted by Crippen LogP contribution is 2.16. The molecule has 1 unspecified atom stereocenters. The molecule has 0 aliphatic carbocycles. The fraction of sp³-hybridized carbons (Fsp3) is 0.625. The lowest BCUT2D eigenvalue weighted by Gasteiger charge is -2.08. The summed E-state index contributed by atoms with van der Waals surface area (Å²) in [6.07, 6.45) is 10.5. The molecule has 0 heterocycles. The molecule has 0 aromatic rings. The maximum atomic E-state index is 2.42. The van der Waals surface area contributed by atoms with E-state index in [4.69, 9.17) is 0 Å². The molecule has 0 fully saturated rings. The minimum atomic E-state index is 0.669. The van der Waals surface area contributed by atoms with Gasteiger partial charge in [-0.25, -0.2) is 0 Å². The van der Waals surface area contributed by atoms with Gasteiger partial charge in [0.25, 0.3) is 0 Å². The minimum Gasteiger partial charge on any atom is -0.0887 e. The first kappa shape index (κ1) is 15.2. The van der Waals surface area contributed by atoms with Gasteiger partial charge in [0.2, 0.25) is 0 Å². The lowest BCUT2D eigenvalue weighted by molar-refractivity contribution is 0.704. The molecule has 0 saturated carbocycles. The van der Waals surface area contributed by atoms with E-state index in [1.54, 1.807) is 0 Å². The molecule has 0 spiro atoms. The third kappa shape index (κ3) is 8.52. The Hall–Kier alpha value is -0.780. The van der Waals surface area contributed by atoms with E-state index in [-0.39, 0.29) is 0 Å². The van der Waals surface area contributed by atoms with Gasteiger partial charge in [-0.1, -0.05) is 41.9 Å². The molecule has 0 aliphatic heterocycles. The Balaban J connectivity index is 4.06. The van der Waals surface area contributed by atoms with Gasteiger partial charge in [-0.3, -0.25) is 0 Å². The van der Waals surface area contributed by atoms with Crippen LogP contribution < -0.4 is 0 Å². The summed E-state index contributed by atoms with van der Waals surface area (Å²) in [5.74, 6) is 0.669. The highest BCUT2D eigenvalue weighted by atomic mass is 14.1. The van der Waals surface area contributed by atoms with Crippen molar-refractivity contribution in [2.75, 3.05) is 0 Å². The summed E-state index contributed by atoms with van der Waals surface area (Å²) in [5, 5.41) is 0. The topological polar surface area (TPSA) is 0 Å². The van der Waals surface area contributed by atoms with Crippen LogP contribution in [0, 0.1) is 5.92 Å². The third-order valence-corrected chi connectivity index (χ3v) is 2.80. The maximum absolute atomic E-state index is 2.42. The summed E-state index contributed by atoms with van der Waals surface area (Å²) in [6.45, 7) is 13.2. The van der Waals surface area contributed by atoms with E-state index in [9.17, 15) is 0 Å².